The van der Waals surface area contributed by atoms with Gasteiger partial charge in [-0.2, -0.15) is 5.26 Å². The molecule has 0 N–H and O–H groups in total. The zero-order valence-corrected chi connectivity index (χ0v) is 9.20. The van der Waals surface area contributed by atoms with Crippen molar-refractivity contribution in [2.24, 2.45) is 7.05 Å². The Morgan fingerprint density at radius 3 is 2.75 bits per heavy atom. The summed E-state index contributed by atoms with van der Waals surface area (Å²) in [4.78, 5) is 0. The fourth-order valence-corrected chi connectivity index (χ4v) is 2.57. The average Bonchev–Trinajstić information content (AvgIpc) is 2.65. The van der Waals surface area contributed by atoms with Crippen molar-refractivity contribution < 1.29 is 0 Å². The van der Waals surface area contributed by atoms with E-state index in [1.165, 1.54) is 16.7 Å². The SMILES string of the molecule is Cn1cc2c(c1C#N)-c1ccccc1CC2. The topological polar surface area (TPSA) is 28.7 Å². The molecule has 3 rings (SSSR count). The van der Waals surface area contributed by atoms with Crippen LogP contribution in [0.25, 0.3) is 11.1 Å². The van der Waals surface area contributed by atoms with Crippen LogP contribution in [0.2, 0.25) is 0 Å². The Morgan fingerprint density at radius 1 is 1.19 bits per heavy atom. The summed E-state index contributed by atoms with van der Waals surface area (Å²) in [6, 6.07) is 10.7. The predicted molar refractivity (Wildman–Crippen MR) is 63.0 cm³/mol. The van der Waals surface area contributed by atoms with Crippen LogP contribution in [-0.4, -0.2) is 4.57 Å². The molecule has 1 aliphatic rings. The number of fused-ring (bicyclic) bond motifs is 3. The van der Waals surface area contributed by atoms with Gasteiger partial charge in [-0.25, -0.2) is 0 Å². The third kappa shape index (κ3) is 1.12. The number of nitriles is 1. The predicted octanol–water partition coefficient (Wildman–Crippen LogP) is 2.66. The van der Waals surface area contributed by atoms with Crippen molar-refractivity contribution in [2.45, 2.75) is 12.8 Å². The summed E-state index contributed by atoms with van der Waals surface area (Å²) >= 11 is 0. The highest BCUT2D eigenvalue weighted by molar-refractivity contribution is 5.77. The van der Waals surface area contributed by atoms with Gasteiger partial charge < -0.3 is 4.57 Å². The van der Waals surface area contributed by atoms with Gasteiger partial charge in [0.1, 0.15) is 11.8 Å². The highest BCUT2D eigenvalue weighted by Crippen LogP contribution is 2.36. The van der Waals surface area contributed by atoms with Crippen LogP contribution < -0.4 is 0 Å². The number of aromatic nitrogens is 1. The molecule has 2 heteroatoms. The number of nitrogens with zero attached hydrogens (tertiary/aromatic N) is 2. The van der Waals surface area contributed by atoms with E-state index in [2.05, 4.69) is 30.5 Å². The Kier molecular flexibility index (Phi) is 1.87. The van der Waals surface area contributed by atoms with Gasteiger partial charge in [-0.05, 0) is 29.5 Å². The lowest BCUT2D eigenvalue weighted by Gasteiger charge is -2.16. The molecular weight excluding hydrogens is 196 g/mol. The van der Waals surface area contributed by atoms with Gasteiger partial charge in [0.2, 0.25) is 0 Å². The molecule has 0 atom stereocenters. The smallest absolute Gasteiger partial charge is 0.128 e. The van der Waals surface area contributed by atoms with Crippen LogP contribution in [0.3, 0.4) is 0 Å². The van der Waals surface area contributed by atoms with E-state index in [1.54, 1.807) is 0 Å². The third-order valence-electron chi connectivity index (χ3n) is 3.32. The Balaban J connectivity index is 2.35. The van der Waals surface area contributed by atoms with Crippen molar-refractivity contribution in [3.8, 4) is 17.2 Å². The molecule has 0 fully saturated rings. The quantitative estimate of drug-likeness (QED) is 0.654. The minimum Gasteiger partial charge on any atom is -0.342 e. The fourth-order valence-electron chi connectivity index (χ4n) is 2.57. The molecular formula is C14H12N2. The molecule has 0 amide bonds. The van der Waals surface area contributed by atoms with E-state index in [-0.39, 0.29) is 0 Å². The summed E-state index contributed by atoms with van der Waals surface area (Å²) in [7, 11) is 1.94. The second kappa shape index (κ2) is 3.24. The number of hydrogen-bond donors (Lipinski definition) is 0. The Hall–Kier alpha value is -2.01. The normalized spacial score (nSPS) is 12.8. The molecule has 0 unspecified atom stereocenters. The molecule has 0 spiro atoms. The molecule has 1 aromatic heterocycles. The van der Waals surface area contributed by atoms with Crippen LogP contribution >= 0.6 is 0 Å². The molecule has 78 valence electrons. The zero-order valence-electron chi connectivity index (χ0n) is 9.20. The zero-order chi connectivity index (χ0) is 11.1. The summed E-state index contributed by atoms with van der Waals surface area (Å²) < 4.78 is 1.94. The van der Waals surface area contributed by atoms with Gasteiger partial charge in [0.05, 0.1) is 0 Å². The maximum absolute atomic E-state index is 9.22. The molecule has 0 aliphatic heterocycles. The van der Waals surface area contributed by atoms with Crippen molar-refractivity contribution in [1.29, 1.82) is 5.26 Å². The molecule has 0 bridgehead atoms. The first-order valence-corrected chi connectivity index (χ1v) is 5.48. The van der Waals surface area contributed by atoms with E-state index < -0.39 is 0 Å². The van der Waals surface area contributed by atoms with Crippen LogP contribution in [0, 0.1) is 11.3 Å². The van der Waals surface area contributed by atoms with Gasteiger partial charge in [-0.15, -0.1) is 0 Å². The lowest BCUT2D eigenvalue weighted by molar-refractivity contribution is 0.893. The van der Waals surface area contributed by atoms with Gasteiger partial charge in [0.25, 0.3) is 0 Å². The van der Waals surface area contributed by atoms with Crippen LogP contribution in [0.1, 0.15) is 16.8 Å². The van der Waals surface area contributed by atoms with Crippen LogP contribution in [0.5, 0.6) is 0 Å². The number of benzene rings is 1. The minimum atomic E-state index is 0.780. The first-order chi connectivity index (χ1) is 7.81. The average molecular weight is 208 g/mol. The van der Waals surface area contributed by atoms with E-state index in [4.69, 9.17) is 0 Å². The maximum atomic E-state index is 9.22. The Bertz CT molecular complexity index is 600. The summed E-state index contributed by atoms with van der Waals surface area (Å²) in [6.07, 6.45) is 4.21. The summed E-state index contributed by atoms with van der Waals surface area (Å²) in [5.41, 5.74) is 5.82. The molecule has 1 heterocycles. The maximum Gasteiger partial charge on any atom is 0.128 e. The molecule has 1 aromatic carbocycles. The van der Waals surface area contributed by atoms with Gasteiger partial charge in [0.15, 0.2) is 0 Å². The van der Waals surface area contributed by atoms with E-state index in [0.29, 0.717) is 0 Å². The standard InChI is InChI=1S/C14H12N2/c1-16-9-11-7-6-10-4-2-3-5-12(10)14(11)13(16)8-15/h2-5,9H,6-7H2,1H3. The van der Waals surface area contributed by atoms with Crippen LogP contribution in [0.15, 0.2) is 30.5 Å². The number of rotatable bonds is 0. The molecule has 2 nitrogen and oxygen atoms in total. The highest BCUT2D eigenvalue weighted by Gasteiger charge is 2.21. The Labute approximate surface area is 94.8 Å². The lowest BCUT2D eigenvalue weighted by Crippen LogP contribution is -2.02. The first-order valence-electron chi connectivity index (χ1n) is 5.48. The van der Waals surface area contributed by atoms with Crippen molar-refractivity contribution >= 4 is 0 Å². The molecule has 0 radical (unpaired) electrons. The van der Waals surface area contributed by atoms with Crippen molar-refractivity contribution in [3.05, 3.63) is 47.3 Å². The highest BCUT2D eigenvalue weighted by atomic mass is 14.9. The summed E-state index contributed by atoms with van der Waals surface area (Å²) in [5.74, 6) is 0. The van der Waals surface area contributed by atoms with Gasteiger partial charge in [0, 0.05) is 18.8 Å². The van der Waals surface area contributed by atoms with Gasteiger partial charge in [-0.3, -0.25) is 0 Å². The van der Waals surface area contributed by atoms with Crippen molar-refractivity contribution in [2.75, 3.05) is 0 Å². The van der Waals surface area contributed by atoms with Crippen LogP contribution in [0.4, 0.5) is 0 Å². The van der Waals surface area contributed by atoms with E-state index in [1.807, 2.05) is 17.7 Å². The van der Waals surface area contributed by atoms with E-state index >= 15 is 0 Å². The molecule has 16 heavy (non-hydrogen) atoms. The second-order valence-corrected chi connectivity index (χ2v) is 4.26. The summed E-state index contributed by atoms with van der Waals surface area (Å²) in [6.45, 7) is 0. The number of aryl methyl sites for hydroxylation is 3. The van der Waals surface area contributed by atoms with Crippen LogP contribution in [-0.2, 0) is 19.9 Å². The second-order valence-electron chi connectivity index (χ2n) is 4.26. The van der Waals surface area contributed by atoms with E-state index in [9.17, 15) is 5.26 Å². The monoisotopic (exact) mass is 208 g/mol. The van der Waals surface area contributed by atoms with Gasteiger partial charge in [-0.1, -0.05) is 24.3 Å². The molecule has 1 aliphatic carbocycles. The largest absolute Gasteiger partial charge is 0.342 e. The Morgan fingerprint density at radius 2 is 1.94 bits per heavy atom. The molecule has 0 saturated heterocycles. The first kappa shape index (κ1) is 9.23. The summed E-state index contributed by atoms with van der Waals surface area (Å²) in [5, 5.41) is 9.22. The van der Waals surface area contributed by atoms with Gasteiger partial charge >= 0.3 is 0 Å². The molecule has 2 aromatic rings. The number of hydrogen-bond acceptors (Lipinski definition) is 1. The third-order valence-corrected chi connectivity index (χ3v) is 3.32. The lowest BCUT2D eigenvalue weighted by atomic mass is 9.87. The minimum absolute atomic E-state index is 0.780. The fraction of sp³-hybridized carbons (Fsp3) is 0.214. The van der Waals surface area contributed by atoms with E-state index in [0.717, 1.165) is 24.1 Å². The van der Waals surface area contributed by atoms with Crippen molar-refractivity contribution in [1.82, 2.24) is 4.57 Å². The van der Waals surface area contributed by atoms with Crippen molar-refractivity contribution in [3.63, 3.8) is 0 Å². The molecule has 0 saturated carbocycles.